The summed E-state index contributed by atoms with van der Waals surface area (Å²) in [5.41, 5.74) is 4.38. The van der Waals surface area contributed by atoms with Gasteiger partial charge < -0.3 is 4.90 Å². The Bertz CT molecular complexity index is 910. The molecule has 2 aromatic rings. The van der Waals surface area contributed by atoms with E-state index in [9.17, 15) is 8.42 Å². The van der Waals surface area contributed by atoms with Crippen molar-refractivity contribution in [2.24, 2.45) is 7.05 Å². The second-order valence-corrected chi connectivity index (χ2v) is 9.78. The molecule has 1 aliphatic heterocycles. The highest BCUT2D eigenvalue weighted by molar-refractivity contribution is 7.89. The molecule has 0 atom stereocenters. The van der Waals surface area contributed by atoms with Crippen molar-refractivity contribution in [3.63, 3.8) is 0 Å². The molecule has 0 unspecified atom stereocenters. The summed E-state index contributed by atoms with van der Waals surface area (Å²) < 4.78 is 29.5. The van der Waals surface area contributed by atoms with E-state index in [4.69, 9.17) is 0 Å². The zero-order valence-corrected chi connectivity index (χ0v) is 17.8. The normalized spacial score (nSPS) is 17.0. The molecule has 1 aromatic carbocycles. The molecule has 1 fully saturated rings. The molecule has 0 bridgehead atoms. The lowest BCUT2D eigenvalue weighted by atomic mass is 9.94. The van der Waals surface area contributed by atoms with E-state index in [0.29, 0.717) is 23.9 Å². The van der Waals surface area contributed by atoms with Gasteiger partial charge in [-0.05, 0) is 70.1 Å². The Morgan fingerprint density at radius 3 is 2.37 bits per heavy atom. The fraction of sp³-hybridized carbons (Fsp3) is 0.550. The average molecular weight is 391 g/mol. The molecule has 1 saturated heterocycles. The Hall–Kier alpha value is -1.70. The Kier molecular flexibility index (Phi) is 5.74. The third kappa shape index (κ3) is 4.25. The molecule has 0 amide bonds. The standard InChI is InChI=1S/C20H30N4O2S/c1-15-6-7-19(12-16(15)2)27(25,26)24-10-8-17(9-11-24)20-13-18(14-22(3)4)23(5)21-20/h6-7,12-13,17H,8-11,14H2,1-5H3. The molecule has 7 heteroatoms. The predicted octanol–water partition coefficient (Wildman–Crippen LogP) is 2.67. The fourth-order valence-corrected chi connectivity index (χ4v) is 5.17. The topological polar surface area (TPSA) is 58.4 Å². The molecular formula is C20H30N4O2S. The number of benzene rings is 1. The highest BCUT2D eigenvalue weighted by Crippen LogP contribution is 2.31. The summed E-state index contributed by atoms with van der Waals surface area (Å²) >= 11 is 0. The minimum atomic E-state index is -3.42. The molecule has 2 heterocycles. The average Bonchev–Trinajstić information content (AvgIpc) is 2.97. The predicted molar refractivity (Wildman–Crippen MR) is 107 cm³/mol. The van der Waals surface area contributed by atoms with E-state index in [0.717, 1.165) is 36.2 Å². The van der Waals surface area contributed by atoms with Crippen LogP contribution >= 0.6 is 0 Å². The summed E-state index contributed by atoms with van der Waals surface area (Å²) in [5.74, 6) is 0.318. The molecule has 0 spiro atoms. The third-order valence-corrected chi connectivity index (χ3v) is 7.36. The lowest BCUT2D eigenvalue weighted by molar-refractivity contribution is 0.316. The van der Waals surface area contributed by atoms with Crippen molar-refractivity contribution < 1.29 is 8.42 Å². The number of aryl methyl sites for hydroxylation is 3. The van der Waals surface area contributed by atoms with Gasteiger partial charge in [0, 0.05) is 32.6 Å². The van der Waals surface area contributed by atoms with Gasteiger partial charge in [0.05, 0.1) is 16.3 Å². The van der Waals surface area contributed by atoms with E-state index in [1.54, 1.807) is 16.4 Å². The third-order valence-electron chi connectivity index (χ3n) is 5.46. The number of aromatic nitrogens is 2. The first-order valence-corrected chi connectivity index (χ1v) is 10.9. The molecule has 0 radical (unpaired) electrons. The van der Waals surface area contributed by atoms with Crippen LogP contribution in [0, 0.1) is 13.8 Å². The lowest BCUT2D eigenvalue weighted by Gasteiger charge is -2.30. The van der Waals surface area contributed by atoms with Gasteiger partial charge in [0.15, 0.2) is 0 Å². The van der Waals surface area contributed by atoms with Crippen LogP contribution in [-0.4, -0.2) is 54.6 Å². The first kappa shape index (κ1) is 20.0. The van der Waals surface area contributed by atoms with Crippen LogP contribution in [0.5, 0.6) is 0 Å². The van der Waals surface area contributed by atoms with Crippen molar-refractivity contribution in [1.29, 1.82) is 0 Å². The number of piperidine rings is 1. The zero-order valence-electron chi connectivity index (χ0n) is 16.9. The van der Waals surface area contributed by atoms with Crippen LogP contribution in [0.3, 0.4) is 0 Å². The molecule has 3 rings (SSSR count). The summed E-state index contributed by atoms with van der Waals surface area (Å²) in [5, 5.41) is 4.68. The Labute approximate surface area is 162 Å². The van der Waals surface area contributed by atoms with Crippen LogP contribution < -0.4 is 0 Å². The monoisotopic (exact) mass is 390 g/mol. The molecule has 0 N–H and O–H groups in total. The quantitative estimate of drug-likeness (QED) is 0.788. The van der Waals surface area contributed by atoms with Gasteiger partial charge in [0.1, 0.15) is 0 Å². The smallest absolute Gasteiger partial charge is 0.243 e. The van der Waals surface area contributed by atoms with Gasteiger partial charge in [-0.3, -0.25) is 4.68 Å². The minimum absolute atomic E-state index is 0.318. The van der Waals surface area contributed by atoms with Gasteiger partial charge >= 0.3 is 0 Å². The molecule has 0 aliphatic carbocycles. The van der Waals surface area contributed by atoms with E-state index in [-0.39, 0.29) is 0 Å². The van der Waals surface area contributed by atoms with Gasteiger partial charge in [-0.2, -0.15) is 9.40 Å². The largest absolute Gasteiger partial charge is 0.304 e. The van der Waals surface area contributed by atoms with Crippen LogP contribution in [0.2, 0.25) is 0 Å². The number of hydrogen-bond donors (Lipinski definition) is 0. The molecule has 6 nitrogen and oxygen atoms in total. The second-order valence-electron chi connectivity index (χ2n) is 7.85. The van der Waals surface area contributed by atoms with Gasteiger partial charge in [0.2, 0.25) is 10.0 Å². The van der Waals surface area contributed by atoms with Crippen molar-refractivity contribution in [3.8, 4) is 0 Å². The maximum Gasteiger partial charge on any atom is 0.243 e. The highest BCUT2D eigenvalue weighted by Gasteiger charge is 2.31. The van der Waals surface area contributed by atoms with Crippen molar-refractivity contribution in [2.45, 2.75) is 44.0 Å². The summed E-state index contributed by atoms with van der Waals surface area (Å²) in [6.45, 7) is 5.88. The molecule has 148 valence electrons. The Morgan fingerprint density at radius 2 is 1.78 bits per heavy atom. The number of sulfonamides is 1. The van der Waals surface area contributed by atoms with E-state index in [1.807, 2.05) is 45.7 Å². The zero-order chi connectivity index (χ0) is 19.8. The van der Waals surface area contributed by atoms with Crippen LogP contribution in [0.4, 0.5) is 0 Å². The van der Waals surface area contributed by atoms with Crippen molar-refractivity contribution in [3.05, 3.63) is 46.8 Å². The lowest BCUT2D eigenvalue weighted by Crippen LogP contribution is -2.38. The highest BCUT2D eigenvalue weighted by atomic mass is 32.2. The minimum Gasteiger partial charge on any atom is -0.304 e. The van der Waals surface area contributed by atoms with Crippen molar-refractivity contribution >= 4 is 10.0 Å². The van der Waals surface area contributed by atoms with Crippen molar-refractivity contribution in [2.75, 3.05) is 27.2 Å². The van der Waals surface area contributed by atoms with Gasteiger partial charge in [-0.1, -0.05) is 6.07 Å². The van der Waals surface area contributed by atoms with Crippen LogP contribution in [-0.2, 0) is 23.6 Å². The van der Waals surface area contributed by atoms with Crippen LogP contribution in [0.15, 0.2) is 29.2 Å². The van der Waals surface area contributed by atoms with E-state index in [2.05, 4.69) is 16.1 Å². The number of nitrogens with zero attached hydrogens (tertiary/aromatic N) is 4. The molecule has 27 heavy (non-hydrogen) atoms. The number of hydrogen-bond acceptors (Lipinski definition) is 4. The van der Waals surface area contributed by atoms with E-state index >= 15 is 0 Å². The maximum atomic E-state index is 13.0. The summed E-state index contributed by atoms with van der Waals surface area (Å²) in [7, 11) is 2.64. The summed E-state index contributed by atoms with van der Waals surface area (Å²) in [4.78, 5) is 2.52. The number of rotatable bonds is 5. The summed E-state index contributed by atoms with van der Waals surface area (Å²) in [6.07, 6.45) is 1.62. The van der Waals surface area contributed by atoms with E-state index < -0.39 is 10.0 Å². The van der Waals surface area contributed by atoms with Gasteiger partial charge in [-0.25, -0.2) is 8.42 Å². The first-order valence-electron chi connectivity index (χ1n) is 9.43. The molecular weight excluding hydrogens is 360 g/mol. The second kappa shape index (κ2) is 7.73. The van der Waals surface area contributed by atoms with Gasteiger partial charge in [-0.15, -0.1) is 0 Å². The first-order chi connectivity index (χ1) is 12.7. The SMILES string of the molecule is Cc1ccc(S(=O)(=O)N2CCC(c3cc(CN(C)C)n(C)n3)CC2)cc1C. The van der Waals surface area contributed by atoms with E-state index in [1.165, 1.54) is 5.69 Å². The van der Waals surface area contributed by atoms with Crippen LogP contribution in [0.1, 0.15) is 41.3 Å². The van der Waals surface area contributed by atoms with Crippen LogP contribution in [0.25, 0.3) is 0 Å². The summed E-state index contributed by atoms with van der Waals surface area (Å²) in [6, 6.07) is 7.55. The van der Waals surface area contributed by atoms with Crippen molar-refractivity contribution in [1.82, 2.24) is 19.0 Å². The fourth-order valence-electron chi connectivity index (χ4n) is 3.62. The van der Waals surface area contributed by atoms with Gasteiger partial charge in [0.25, 0.3) is 0 Å². The Balaban J connectivity index is 1.70. The molecule has 1 aliphatic rings. The maximum absolute atomic E-state index is 13.0. The Morgan fingerprint density at radius 1 is 1.11 bits per heavy atom. The molecule has 0 saturated carbocycles. The molecule has 1 aromatic heterocycles.